The van der Waals surface area contributed by atoms with Gasteiger partial charge in [0.1, 0.15) is 0 Å². The molecule has 0 aliphatic carbocycles. The van der Waals surface area contributed by atoms with E-state index in [1.165, 1.54) is 10.6 Å². The molecule has 0 saturated carbocycles. The number of nitrogens with one attached hydrogen (secondary N) is 1. The number of rotatable bonds is 4. The van der Waals surface area contributed by atoms with Crippen molar-refractivity contribution in [2.75, 3.05) is 24.7 Å². The van der Waals surface area contributed by atoms with E-state index in [-0.39, 0.29) is 11.5 Å². The van der Waals surface area contributed by atoms with Crippen molar-refractivity contribution in [1.29, 1.82) is 0 Å². The van der Waals surface area contributed by atoms with E-state index in [1.807, 2.05) is 12.3 Å². The number of hydrogen-bond donors (Lipinski definition) is 1. The maximum atomic E-state index is 11.6. The first-order valence-electron chi connectivity index (χ1n) is 8.64. The lowest BCUT2D eigenvalue weighted by Crippen LogP contribution is -2.42. The number of nitrogens with zero attached hydrogens (tertiary/aromatic N) is 4. The van der Waals surface area contributed by atoms with Crippen LogP contribution in [-0.2, 0) is 15.4 Å². The zero-order valence-electron chi connectivity index (χ0n) is 15.6. The van der Waals surface area contributed by atoms with Gasteiger partial charge in [0.2, 0.25) is 16.0 Å². The second-order valence-electron chi connectivity index (χ2n) is 7.63. The average Bonchev–Trinajstić information content (AvgIpc) is 3.05. The van der Waals surface area contributed by atoms with Crippen molar-refractivity contribution >= 4 is 27.3 Å². The van der Waals surface area contributed by atoms with Gasteiger partial charge in [0, 0.05) is 36.9 Å². The van der Waals surface area contributed by atoms with Gasteiger partial charge >= 0.3 is 0 Å². The molecule has 142 valence electrons. The minimum atomic E-state index is -3.11. The molecule has 0 aromatic carbocycles. The molecule has 1 aliphatic rings. The molecule has 1 saturated heterocycles. The summed E-state index contributed by atoms with van der Waals surface area (Å²) >= 11 is 1.65. The Morgan fingerprint density at radius 1 is 1.23 bits per heavy atom. The van der Waals surface area contributed by atoms with E-state index < -0.39 is 10.0 Å². The fraction of sp³-hybridized carbons (Fsp3) is 0.588. The molecule has 2 aromatic heterocycles. The van der Waals surface area contributed by atoms with Crippen LogP contribution in [0, 0.1) is 0 Å². The minimum absolute atomic E-state index is 0.0185. The Balaban J connectivity index is 1.68. The second kappa shape index (κ2) is 7.21. The molecule has 0 bridgehead atoms. The van der Waals surface area contributed by atoms with Gasteiger partial charge in [0.25, 0.3) is 0 Å². The normalized spacial score (nSPS) is 17.4. The highest BCUT2D eigenvalue weighted by molar-refractivity contribution is 7.88. The zero-order chi connectivity index (χ0) is 18.9. The molecule has 0 atom stereocenters. The lowest BCUT2D eigenvalue weighted by Gasteiger charge is -2.30. The molecule has 26 heavy (non-hydrogen) atoms. The van der Waals surface area contributed by atoms with Crippen LogP contribution in [0.5, 0.6) is 0 Å². The summed E-state index contributed by atoms with van der Waals surface area (Å²) in [6.07, 6.45) is 6.35. The first kappa shape index (κ1) is 19.2. The predicted molar refractivity (Wildman–Crippen MR) is 105 cm³/mol. The van der Waals surface area contributed by atoms with Gasteiger partial charge in [-0.25, -0.2) is 27.7 Å². The van der Waals surface area contributed by atoms with Gasteiger partial charge in [0.05, 0.1) is 21.8 Å². The quantitative estimate of drug-likeness (QED) is 0.856. The summed E-state index contributed by atoms with van der Waals surface area (Å²) in [5.41, 5.74) is 0.869. The van der Waals surface area contributed by atoms with Crippen molar-refractivity contribution in [2.45, 2.75) is 45.1 Å². The molecule has 3 rings (SSSR count). The third kappa shape index (κ3) is 4.57. The first-order chi connectivity index (χ1) is 12.1. The van der Waals surface area contributed by atoms with Crippen molar-refractivity contribution < 1.29 is 8.42 Å². The molecule has 7 nitrogen and oxygen atoms in total. The number of hydrogen-bond acceptors (Lipinski definition) is 7. The maximum absolute atomic E-state index is 11.6. The van der Waals surface area contributed by atoms with Gasteiger partial charge in [-0.1, -0.05) is 20.8 Å². The van der Waals surface area contributed by atoms with Crippen LogP contribution in [0.4, 0.5) is 5.95 Å². The van der Waals surface area contributed by atoms with Crippen molar-refractivity contribution in [2.24, 2.45) is 0 Å². The minimum Gasteiger partial charge on any atom is -0.351 e. The molecule has 3 heterocycles. The highest BCUT2D eigenvalue weighted by atomic mass is 32.2. The Morgan fingerprint density at radius 2 is 1.92 bits per heavy atom. The smallest absolute Gasteiger partial charge is 0.223 e. The summed E-state index contributed by atoms with van der Waals surface area (Å²) in [7, 11) is -3.11. The molecule has 2 aromatic rings. The summed E-state index contributed by atoms with van der Waals surface area (Å²) in [5.74, 6) is 0.575. The number of aromatic nitrogens is 3. The second-order valence-corrected chi connectivity index (χ2v) is 10.6. The van der Waals surface area contributed by atoms with Crippen LogP contribution in [-0.4, -0.2) is 53.1 Å². The Labute approximate surface area is 159 Å². The Hall–Kier alpha value is -1.58. The van der Waals surface area contributed by atoms with Gasteiger partial charge in [-0.2, -0.15) is 0 Å². The Bertz CT molecular complexity index is 865. The van der Waals surface area contributed by atoms with E-state index >= 15 is 0 Å². The lowest BCUT2D eigenvalue weighted by atomic mass is 9.98. The largest absolute Gasteiger partial charge is 0.351 e. The summed E-state index contributed by atoms with van der Waals surface area (Å²) < 4.78 is 24.7. The summed E-state index contributed by atoms with van der Waals surface area (Å²) in [4.78, 5) is 14.5. The molecular formula is C17H25N5O2S2. The predicted octanol–water partition coefficient (Wildman–Crippen LogP) is 2.73. The summed E-state index contributed by atoms with van der Waals surface area (Å²) in [5, 5.41) is 4.42. The van der Waals surface area contributed by atoms with Gasteiger partial charge in [-0.05, 0) is 18.9 Å². The summed E-state index contributed by atoms with van der Waals surface area (Å²) in [6, 6.07) is 2.06. The third-order valence-corrected chi connectivity index (χ3v) is 7.06. The molecule has 0 unspecified atom stereocenters. The maximum Gasteiger partial charge on any atom is 0.223 e. The molecule has 1 fully saturated rings. The van der Waals surface area contributed by atoms with E-state index in [2.05, 4.69) is 41.0 Å². The van der Waals surface area contributed by atoms with Crippen LogP contribution in [0.2, 0.25) is 0 Å². The first-order valence-corrected chi connectivity index (χ1v) is 11.3. The van der Waals surface area contributed by atoms with Crippen LogP contribution in [0.1, 0.15) is 38.6 Å². The zero-order valence-corrected chi connectivity index (χ0v) is 17.2. The fourth-order valence-electron chi connectivity index (χ4n) is 2.82. The number of sulfonamides is 1. The molecule has 1 aliphatic heterocycles. The molecule has 1 N–H and O–H groups in total. The molecule has 9 heteroatoms. The van der Waals surface area contributed by atoms with Crippen LogP contribution >= 0.6 is 11.3 Å². The van der Waals surface area contributed by atoms with Crippen LogP contribution in [0.3, 0.4) is 0 Å². The highest BCUT2D eigenvalue weighted by Crippen LogP contribution is 2.32. The monoisotopic (exact) mass is 395 g/mol. The average molecular weight is 396 g/mol. The van der Waals surface area contributed by atoms with Crippen molar-refractivity contribution in [3.8, 4) is 10.6 Å². The van der Waals surface area contributed by atoms with Crippen molar-refractivity contribution in [3.63, 3.8) is 0 Å². The topological polar surface area (TPSA) is 88.1 Å². The highest BCUT2D eigenvalue weighted by Gasteiger charge is 2.25. The van der Waals surface area contributed by atoms with E-state index in [1.54, 1.807) is 17.5 Å². The van der Waals surface area contributed by atoms with Crippen molar-refractivity contribution in [1.82, 2.24) is 19.3 Å². The van der Waals surface area contributed by atoms with E-state index in [0.717, 1.165) is 28.4 Å². The fourth-order valence-corrected chi connectivity index (χ4v) is 4.64. The number of piperidine rings is 1. The molecular weight excluding hydrogens is 370 g/mol. The number of anilines is 1. The SMILES string of the molecule is CC(C)(C)c1ncc(-c2ccnc(NC3CCN(S(C)(=O)=O)CC3)n2)s1. The number of thiazole rings is 1. The molecule has 0 spiro atoms. The van der Waals surface area contributed by atoms with Crippen LogP contribution in [0.25, 0.3) is 10.6 Å². The van der Waals surface area contributed by atoms with Crippen LogP contribution < -0.4 is 5.32 Å². The van der Waals surface area contributed by atoms with Crippen molar-refractivity contribution in [3.05, 3.63) is 23.5 Å². The lowest BCUT2D eigenvalue weighted by molar-refractivity contribution is 0.331. The van der Waals surface area contributed by atoms with Gasteiger partial charge in [-0.15, -0.1) is 11.3 Å². The Morgan fingerprint density at radius 3 is 2.50 bits per heavy atom. The van der Waals surface area contributed by atoms with Gasteiger partial charge < -0.3 is 5.32 Å². The van der Waals surface area contributed by atoms with Gasteiger partial charge in [-0.3, -0.25) is 0 Å². The van der Waals surface area contributed by atoms with Gasteiger partial charge in [0.15, 0.2) is 0 Å². The van der Waals surface area contributed by atoms with Crippen LogP contribution in [0.15, 0.2) is 18.5 Å². The third-order valence-electron chi connectivity index (χ3n) is 4.31. The van der Waals surface area contributed by atoms with E-state index in [9.17, 15) is 8.42 Å². The summed E-state index contributed by atoms with van der Waals surface area (Å²) in [6.45, 7) is 7.49. The van der Waals surface area contributed by atoms with E-state index in [0.29, 0.717) is 19.0 Å². The Kier molecular flexibility index (Phi) is 5.32. The standard InChI is InChI=1S/C17H25N5O2S2/c1-17(2,3)15-19-11-14(25-15)13-5-8-18-16(21-13)20-12-6-9-22(10-7-12)26(4,23)24/h5,8,11-12H,6-7,9-10H2,1-4H3,(H,18,20,21). The van der Waals surface area contributed by atoms with E-state index in [4.69, 9.17) is 0 Å². The molecule has 0 radical (unpaired) electrons. The molecule has 0 amide bonds.